The Morgan fingerprint density at radius 2 is 1.65 bits per heavy atom. The van der Waals surface area contributed by atoms with E-state index in [1.165, 1.54) is 0 Å². The minimum absolute atomic E-state index is 0.0342. The van der Waals surface area contributed by atoms with E-state index < -0.39 is 23.8 Å². The molecule has 8 nitrogen and oxygen atoms in total. The van der Waals surface area contributed by atoms with Gasteiger partial charge >= 0.3 is 11.9 Å². The molecule has 1 fully saturated rings. The van der Waals surface area contributed by atoms with E-state index in [1.807, 2.05) is 0 Å². The lowest BCUT2D eigenvalue weighted by atomic mass is 10.2. The first-order chi connectivity index (χ1) is 8.04. The van der Waals surface area contributed by atoms with E-state index in [1.54, 1.807) is 0 Å². The summed E-state index contributed by atoms with van der Waals surface area (Å²) in [4.78, 5) is 52.5. The maximum absolute atomic E-state index is 11.2. The summed E-state index contributed by atoms with van der Waals surface area (Å²) < 4.78 is 0. The standard InChI is InChI=1S/C9H12N2O6/c10-16-8(14)2-1-3-9(15)17-11-6(12)4-5-7(11)13/h1-5,10H2. The molecule has 0 radical (unpaired) electrons. The van der Waals surface area contributed by atoms with E-state index in [4.69, 9.17) is 0 Å². The van der Waals surface area contributed by atoms with Crippen LogP contribution in [0.2, 0.25) is 0 Å². The van der Waals surface area contributed by atoms with Crippen molar-refractivity contribution in [3.63, 3.8) is 0 Å². The van der Waals surface area contributed by atoms with E-state index in [9.17, 15) is 19.2 Å². The highest BCUT2D eigenvalue weighted by molar-refractivity contribution is 6.01. The van der Waals surface area contributed by atoms with Crippen LogP contribution in [-0.2, 0) is 28.9 Å². The van der Waals surface area contributed by atoms with Crippen LogP contribution in [0.25, 0.3) is 0 Å². The number of imide groups is 1. The van der Waals surface area contributed by atoms with E-state index in [0.717, 1.165) is 0 Å². The summed E-state index contributed by atoms with van der Waals surface area (Å²) in [6, 6.07) is 0. The minimum atomic E-state index is -0.751. The molecule has 0 aromatic heterocycles. The maximum atomic E-state index is 11.2. The molecule has 0 saturated carbocycles. The molecule has 1 heterocycles. The maximum Gasteiger partial charge on any atom is 0.333 e. The Hall–Kier alpha value is -1.96. The lowest BCUT2D eigenvalue weighted by Crippen LogP contribution is -2.32. The van der Waals surface area contributed by atoms with E-state index in [-0.39, 0.29) is 32.1 Å². The fourth-order valence-electron chi connectivity index (χ4n) is 1.24. The molecule has 1 rings (SSSR count). The van der Waals surface area contributed by atoms with Crippen molar-refractivity contribution in [3.8, 4) is 0 Å². The van der Waals surface area contributed by atoms with Gasteiger partial charge in [0.15, 0.2) is 0 Å². The molecule has 0 spiro atoms. The summed E-state index contributed by atoms with van der Waals surface area (Å²) >= 11 is 0. The highest BCUT2D eigenvalue weighted by atomic mass is 16.7. The first-order valence-electron chi connectivity index (χ1n) is 5.00. The molecule has 8 heteroatoms. The molecule has 1 aliphatic rings. The number of rotatable bonds is 5. The Morgan fingerprint density at radius 1 is 1.12 bits per heavy atom. The van der Waals surface area contributed by atoms with Crippen LogP contribution in [-0.4, -0.2) is 28.8 Å². The van der Waals surface area contributed by atoms with Gasteiger partial charge in [-0.05, 0) is 6.42 Å². The van der Waals surface area contributed by atoms with Gasteiger partial charge in [0.2, 0.25) is 0 Å². The number of carbonyl (C=O) groups is 4. The first kappa shape index (κ1) is 13.1. The van der Waals surface area contributed by atoms with Gasteiger partial charge in [0, 0.05) is 25.7 Å². The van der Waals surface area contributed by atoms with Crippen LogP contribution in [0.1, 0.15) is 32.1 Å². The van der Waals surface area contributed by atoms with Crippen molar-refractivity contribution < 1.29 is 28.9 Å². The molecule has 1 saturated heterocycles. The fraction of sp³-hybridized carbons (Fsp3) is 0.556. The Bertz CT molecular complexity index is 337. The van der Waals surface area contributed by atoms with E-state index in [2.05, 4.69) is 15.6 Å². The fourth-order valence-corrected chi connectivity index (χ4v) is 1.24. The third-order valence-corrected chi connectivity index (χ3v) is 2.09. The molecule has 94 valence electrons. The van der Waals surface area contributed by atoms with Crippen LogP contribution in [0.15, 0.2) is 0 Å². The van der Waals surface area contributed by atoms with Crippen LogP contribution in [0.5, 0.6) is 0 Å². The first-order valence-corrected chi connectivity index (χ1v) is 5.00. The quantitative estimate of drug-likeness (QED) is 0.496. The number of carbonyl (C=O) groups excluding carboxylic acids is 4. The Kier molecular flexibility index (Phi) is 4.58. The van der Waals surface area contributed by atoms with Gasteiger partial charge in [0.25, 0.3) is 11.8 Å². The van der Waals surface area contributed by atoms with Gasteiger partial charge in [-0.1, -0.05) is 0 Å². The summed E-state index contributed by atoms with van der Waals surface area (Å²) in [6.07, 6.45) is 0.127. The van der Waals surface area contributed by atoms with Crippen molar-refractivity contribution in [2.75, 3.05) is 0 Å². The van der Waals surface area contributed by atoms with Crippen molar-refractivity contribution in [2.24, 2.45) is 5.90 Å². The lowest BCUT2D eigenvalue weighted by Gasteiger charge is -2.12. The second-order valence-electron chi connectivity index (χ2n) is 3.39. The van der Waals surface area contributed by atoms with Crippen molar-refractivity contribution >= 4 is 23.8 Å². The van der Waals surface area contributed by atoms with Crippen LogP contribution >= 0.6 is 0 Å². The van der Waals surface area contributed by atoms with Crippen molar-refractivity contribution in [2.45, 2.75) is 32.1 Å². The Morgan fingerprint density at radius 3 is 2.18 bits per heavy atom. The minimum Gasteiger partial charge on any atom is -0.373 e. The number of hydrogen-bond acceptors (Lipinski definition) is 7. The van der Waals surface area contributed by atoms with Gasteiger partial charge in [-0.15, -0.1) is 5.06 Å². The zero-order valence-corrected chi connectivity index (χ0v) is 9.01. The average molecular weight is 244 g/mol. The van der Waals surface area contributed by atoms with Gasteiger partial charge in [-0.25, -0.2) is 4.79 Å². The van der Waals surface area contributed by atoms with Gasteiger partial charge in [0.05, 0.1) is 0 Å². The molecule has 0 aromatic carbocycles. The summed E-state index contributed by atoms with van der Waals surface area (Å²) in [5.74, 6) is 2.12. The van der Waals surface area contributed by atoms with Gasteiger partial charge in [0.1, 0.15) is 0 Å². The molecule has 2 N–H and O–H groups in total. The second kappa shape index (κ2) is 5.94. The highest BCUT2D eigenvalue weighted by Gasteiger charge is 2.32. The lowest BCUT2D eigenvalue weighted by molar-refractivity contribution is -0.197. The molecule has 2 amide bonds. The number of hydroxylamine groups is 2. The molecule has 0 atom stereocenters. The van der Waals surface area contributed by atoms with Crippen LogP contribution in [0.4, 0.5) is 0 Å². The molecule has 0 unspecified atom stereocenters. The third-order valence-electron chi connectivity index (χ3n) is 2.09. The van der Waals surface area contributed by atoms with E-state index in [0.29, 0.717) is 5.06 Å². The number of amides is 2. The number of hydrogen-bond donors (Lipinski definition) is 1. The molecule has 0 aliphatic carbocycles. The average Bonchev–Trinajstić information content (AvgIpc) is 2.60. The molecule has 1 aliphatic heterocycles. The SMILES string of the molecule is NOC(=O)CCCC(=O)ON1C(=O)CCC1=O. The van der Waals surface area contributed by atoms with E-state index >= 15 is 0 Å². The monoisotopic (exact) mass is 244 g/mol. The van der Waals surface area contributed by atoms with Crippen LogP contribution < -0.4 is 5.90 Å². The second-order valence-corrected chi connectivity index (χ2v) is 3.39. The van der Waals surface area contributed by atoms with Crippen molar-refractivity contribution in [1.29, 1.82) is 0 Å². The summed E-state index contributed by atoms with van der Waals surface area (Å²) in [5, 5.41) is 0.462. The van der Waals surface area contributed by atoms with Gasteiger partial charge in [-0.3, -0.25) is 14.4 Å². The highest BCUT2D eigenvalue weighted by Crippen LogP contribution is 2.13. The number of nitrogens with two attached hydrogens (primary N) is 1. The normalized spacial score (nSPS) is 15.0. The predicted molar refractivity (Wildman–Crippen MR) is 51.3 cm³/mol. The van der Waals surface area contributed by atoms with Gasteiger partial charge in [-0.2, -0.15) is 5.90 Å². The number of nitrogens with zero attached hydrogens (tertiary/aromatic N) is 1. The molecule has 0 bridgehead atoms. The van der Waals surface area contributed by atoms with Crippen molar-refractivity contribution in [3.05, 3.63) is 0 Å². The molecule has 17 heavy (non-hydrogen) atoms. The zero-order valence-electron chi connectivity index (χ0n) is 9.01. The summed E-state index contributed by atoms with van der Waals surface area (Å²) in [5.41, 5.74) is 0. The largest absolute Gasteiger partial charge is 0.373 e. The predicted octanol–water partition coefficient (Wildman–Crippen LogP) is -0.819. The molecule has 0 aromatic rings. The van der Waals surface area contributed by atoms with Crippen molar-refractivity contribution in [1.82, 2.24) is 5.06 Å². The summed E-state index contributed by atoms with van der Waals surface area (Å²) in [6.45, 7) is 0. The van der Waals surface area contributed by atoms with Crippen LogP contribution in [0.3, 0.4) is 0 Å². The Balaban J connectivity index is 2.27. The zero-order chi connectivity index (χ0) is 12.8. The summed E-state index contributed by atoms with van der Waals surface area (Å²) in [7, 11) is 0. The topological polar surface area (TPSA) is 116 Å². The van der Waals surface area contributed by atoms with Crippen LogP contribution in [0, 0.1) is 0 Å². The molecular formula is C9H12N2O6. The van der Waals surface area contributed by atoms with Gasteiger partial charge < -0.3 is 9.68 Å². The Labute approximate surface area is 96.5 Å². The third kappa shape index (κ3) is 3.83. The molecular weight excluding hydrogens is 232 g/mol. The smallest absolute Gasteiger partial charge is 0.333 e.